The van der Waals surface area contributed by atoms with Crippen LogP contribution in [-0.2, 0) is 13.0 Å². The predicted molar refractivity (Wildman–Crippen MR) is 83.5 cm³/mol. The second-order valence-electron chi connectivity index (χ2n) is 4.62. The highest BCUT2D eigenvalue weighted by Gasteiger charge is 2.03. The van der Waals surface area contributed by atoms with Crippen molar-refractivity contribution in [2.45, 2.75) is 13.0 Å². The number of halogens is 1. The molecule has 0 saturated heterocycles. The number of aromatic hydroxyl groups is 1. The number of rotatable bonds is 5. The molecule has 2 amide bonds. The Balaban J connectivity index is 1.70. The Kier molecular flexibility index (Phi) is 5.46. The molecule has 0 radical (unpaired) electrons. The van der Waals surface area contributed by atoms with Gasteiger partial charge in [0.2, 0.25) is 0 Å². The fourth-order valence-electron chi connectivity index (χ4n) is 1.86. The normalized spacial score (nSPS) is 10.1. The summed E-state index contributed by atoms with van der Waals surface area (Å²) in [6, 6.07) is 14.1. The van der Waals surface area contributed by atoms with Crippen molar-refractivity contribution in [1.82, 2.24) is 10.6 Å². The number of nitrogens with one attached hydrogen (secondary N) is 2. The Labute approximate surface area is 128 Å². The molecule has 2 rings (SSSR count). The Morgan fingerprint density at radius 3 is 2.48 bits per heavy atom. The second-order valence-corrected chi connectivity index (χ2v) is 5.02. The van der Waals surface area contributed by atoms with E-state index >= 15 is 0 Å². The second kappa shape index (κ2) is 7.55. The Bertz CT molecular complexity index is 599. The van der Waals surface area contributed by atoms with Gasteiger partial charge in [0.1, 0.15) is 5.75 Å². The third kappa shape index (κ3) is 5.00. The molecule has 3 N–H and O–H groups in total. The molecule has 0 aromatic heterocycles. The molecule has 0 aliphatic carbocycles. The van der Waals surface area contributed by atoms with Crippen molar-refractivity contribution in [2.24, 2.45) is 0 Å². The Morgan fingerprint density at radius 2 is 1.76 bits per heavy atom. The molecule has 0 fully saturated rings. The van der Waals surface area contributed by atoms with Crippen LogP contribution in [0.25, 0.3) is 0 Å². The minimum Gasteiger partial charge on any atom is -0.508 e. The van der Waals surface area contributed by atoms with Gasteiger partial charge in [-0.3, -0.25) is 0 Å². The van der Waals surface area contributed by atoms with Crippen molar-refractivity contribution in [3.8, 4) is 5.75 Å². The lowest BCUT2D eigenvalue weighted by molar-refractivity contribution is 0.240. The number of hydrogen-bond donors (Lipinski definition) is 3. The first kappa shape index (κ1) is 15.2. The minimum atomic E-state index is -0.228. The summed E-state index contributed by atoms with van der Waals surface area (Å²) in [5, 5.41) is 15.4. The van der Waals surface area contributed by atoms with Crippen molar-refractivity contribution in [1.29, 1.82) is 0 Å². The molecular weight excluding hydrogens is 288 g/mol. The number of urea groups is 1. The summed E-state index contributed by atoms with van der Waals surface area (Å²) in [5.74, 6) is 0.240. The molecule has 2 aromatic rings. The van der Waals surface area contributed by atoms with E-state index in [4.69, 9.17) is 11.6 Å². The molecule has 0 spiro atoms. The summed E-state index contributed by atoms with van der Waals surface area (Å²) in [4.78, 5) is 11.7. The first-order valence-electron chi connectivity index (χ1n) is 6.68. The number of carbonyl (C=O) groups excluding carboxylic acids is 1. The fraction of sp³-hybridized carbons (Fsp3) is 0.188. The van der Waals surface area contributed by atoms with Gasteiger partial charge in [0.05, 0.1) is 0 Å². The molecule has 0 saturated carbocycles. The maximum Gasteiger partial charge on any atom is 0.315 e. The van der Waals surface area contributed by atoms with E-state index in [1.165, 1.54) is 0 Å². The number of phenols is 1. The van der Waals surface area contributed by atoms with Crippen LogP contribution in [0.3, 0.4) is 0 Å². The summed E-state index contributed by atoms with van der Waals surface area (Å²) in [7, 11) is 0. The summed E-state index contributed by atoms with van der Waals surface area (Å²) in [6.45, 7) is 0.920. The predicted octanol–water partition coefficient (Wildman–Crippen LogP) is 3.09. The largest absolute Gasteiger partial charge is 0.508 e. The van der Waals surface area contributed by atoms with Gasteiger partial charge in [-0.05, 0) is 35.7 Å². The van der Waals surface area contributed by atoms with Crippen molar-refractivity contribution in [3.63, 3.8) is 0 Å². The van der Waals surface area contributed by atoms with E-state index in [2.05, 4.69) is 10.6 Å². The topological polar surface area (TPSA) is 61.4 Å². The summed E-state index contributed by atoms with van der Waals surface area (Å²) < 4.78 is 0. The first-order valence-corrected chi connectivity index (χ1v) is 7.06. The van der Waals surface area contributed by atoms with Crippen LogP contribution in [-0.4, -0.2) is 17.7 Å². The number of benzene rings is 2. The zero-order valence-electron chi connectivity index (χ0n) is 11.5. The first-order chi connectivity index (χ1) is 10.1. The van der Waals surface area contributed by atoms with Crippen molar-refractivity contribution in [2.75, 3.05) is 6.54 Å². The van der Waals surface area contributed by atoms with Gasteiger partial charge in [-0.25, -0.2) is 4.79 Å². The quantitative estimate of drug-likeness (QED) is 0.795. The molecule has 5 heteroatoms. The fourth-order valence-corrected chi connectivity index (χ4v) is 2.07. The van der Waals surface area contributed by atoms with Gasteiger partial charge in [-0.2, -0.15) is 0 Å². The van der Waals surface area contributed by atoms with Crippen LogP contribution in [0.1, 0.15) is 11.1 Å². The van der Waals surface area contributed by atoms with Gasteiger partial charge in [-0.1, -0.05) is 41.9 Å². The van der Waals surface area contributed by atoms with Crippen molar-refractivity contribution in [3.05, 3.63) is 64.7 Å². The Morgan fingerprint density at radius 1 is 1.05 bits per heavy atom. The van der Waals surface area contributed by atoms with Crippen LogP contribution < -0.4 is 10.6 Å². The summed E-state index contributed by atoms with van der Waals surface area (Å²) >= 11 is 6.01. The van der Waals surface area contributed by atoms with Gasteiger partial charge < -0.3 is 15.7 Å². The lowest BCUT2D eigenvalue weighted by Crippen LogP contribution is -2.36. The van der Waals surface area contributed by atoms with E-state index in [9.17, 15) is 9.90 Å². The monoisotopic (exact) mass is 304 g/mol. The molecule has 4 nitrogen and oxygen atoms in total. The standard InChI is InChI=1S/C16H17ClN2O2/c17-15-4-2-1-3-13(15)11-19-16(21)18-10-9-12-5-7-14(20)8-6-12/h1-8,20H,9-11H2,(H2,18,19,21). The van der Waals surface area contributed by atoms with E-state index in [0.29, 0.717) is 24.5 Å². The van der Waals surface area contributed by atoms with Crippen LogP contribution in [0.5, 0.6) is 5.75 Å². The number of carbonyl (C=O) groups is 1. The minimum absolute atomic E-state index is 0.228. The Hall–Kier alpha value is -2.20. The molecule has 0 aliphatic heterocycles. The van der Waals surface area contributed by atoms with Gasteiger partial charge in [0.15, 0.2) is 0 Å². The molecule has 21 heavy (non-hydrogen) atoms. The van der Waals surface area contributed by atoms with Crippen LogP contribution in [0.15, 0.2) is 48.5 Å². The highest BCUT2D eigenvalue weighted by atomic mass is 35.5. The van der Waals surface area contributed by atoms with Crippen LogP contribution >= 0.6 is 11.6 Å². The SMILES string of the molecule is O=C(NCCc1ccc(O)cc1)NCc1ccccc1Cl. The highest BCUT2D eigenvalue weighted by molar-refractivity contribution is 6.31. The van der Waals surface area contributed by atoms with Gasteiger partial charge in [0, 0.05) is 18.1 Å². The van der Waals surface area contributed by atoms with E-state index < -0.39 is 0 Å². The summed E-state index contributed by atoms with van der Waals surface area (Å²) in [6.07, 6.45) is 0.708. The van der Waals surface area contributed by atoms with Crippen LogP contribution in [0.2, 0.25) is 5.02 Å². The lowest BCUT2D eigenvalue weighted by atomic mass is 10.1. The molecule has 110 valence electrons. The van der Waals surface area contributed by atoms with Crippen molar-refractivity contribution >= 4 is 17.6 Å². The molecule has 0 aliphatic rings. The average Bonchev–Trinajstić information content (AvgIpc) is 2.48. The highest BCUT2D eigenvalue weighted by Crippen LogP contribution is 2.14. The van der Waals surface area contributed by atoms with E-state index in [-0.39, 0.29) is 11.8 Å². The zero-order chi connectivity index (χ0) is 15.1. The molecule has 0 bridgehead atoms. The summed E-state index contributed by atoms with van der Waals surface area (Å²) in [5.41, 5.74) is 1.94. The van der Waals surface area contributed by atoms with Crippen LogP contribution in [0, 0.1) is 0 Å². The molecule has 2 aromatic carbocycles. The van der Waals surface area contributed by atoms with E-state index in [1.54, 1.807) is 18.2 Å². The van der Waals surface area contributed by atoms with Crippen LogP contribution in [0.4, 0.5) is 4.79 Å². The molecule has 0 heterocycles. The molecule has 0 atom stereocenters. The third-order valence-corrected chi connectivity index (χ3v) is 3.40. The zero-order valence-corrected chi connectivity index (χ0v) is 12.2. The van der Waals surface area contributed by atoms with Gasteiger partial charge >= 0.3 is 6.03 Å². The smallest absolute Gasteiger partial charge is 0.315 e. The van der Waals surface area contributed by atoms with E-state index in [1.807, 2.05) is 30.3 Å². The number of phenolic OH excluding ortho intramolecular Hbond substituents is 1. The molecular formula is C16H17ClN2O2. The third-order valence-electron chi connectivity index (χ3n) is 3.03. The maximum absolute atomic E-state index is 11.7. The van der Waals surface area contributed by atoms with E-state index in [0.717, 1.165) is 11.1 Å². The van der Waals surface area contributed by atoms with Gasteiger partial charge in [-0.15, -0.1) is 0 Å². The molecule has 0 unspecified atom stereocenters. The average molecular weight is 305 g/mol. The maximum atomic E-state index is 11.7. The van der Waals surface area contributed by atoms with Crippen molar-refractivity contribution < 1.29 is 9.90 Å². The lowest BCUT2D eigenvalue weighted by Gasteiger charge is -2.09. The number of amides is 2. The van der Waals surface area contributed by atoms with Gasteiger partial charge in [0.25, 0.3) is 0 Å². The number of hydrogen-bond acceptors (Lipinski definition) is 2.